The number of allylic oxidation sites excluding steroid dienone is 1. The van der Waals surface area contributed by atoms with E-state index < -0.39 is 0 Å². The Morgan fingerprint density at radius 2 is 2.00 bits per heavy atom. The summed E-state index contributed by atoms with van der Waals surface area (Å²) in [6.07, 6.45) is 2.31. The molecule has 0 saturated heterocycles. The van der Waals surface area contributed by atoms with Crippen LogP contribution in [0.4, 0.5) is 11.4 Å². The Balaban J connectivity index is 1.74. The lowest BCUT2D eigenvalue weighted by Gasteiger charge is -2.21. The minimum absolute atomic E-state index is 0.0652. The molecule has 1 aliphatic rings. The van der Waals surface area contributed by atoms with Gasteiger partial charge in [-0.1, -0.05) is 43.3 Å². The molecule has 1 atom stereocenters. The zero-order valence-electron chi connectivity index (χ0n) is 13.2. The predicted molar refractivity (Wildman–Crippen MR) is 94.5 cm³/mol. The summed E-state index contributed by atoms with van der Waals surface area (Å²) in [6, 6.07) is 16.2. The van der Waals surface area contributed by atoms with E-state index in [2.05, 4.69) is 29.7 Å². The predicted octanol–water partition coefficient (Wildman–Crippen LogP) is 3.38. The number of anilines is 2. The highest BCUT2D eigenvalue weighted by molar-refractivity contribution is 5.86. The normalized spacial score (nSPS) is 17.3. The SMILES string of the molecule is CC1CC(=O)NC=C1c1ccc(NCc2ccccc2)c(N)c1. The van der Waals surface area contributed by atoms with Crippen LogP contribution >= 0.6 is 0 Å². The van der Waals surface area contributed by atoms with Gasteiger partial charge in [-0.3, -0.25) is 4.79 Å². The van der Waals surface area contributed by atoms with Gasteiger partial charge >= 0.3 is 0 Å². The third-order valence-corrected chi connectivity index (χ3v) is 4.12. The van der Waals surface area contributed by atoms with Crippen molar-refractivity contribution in [1.29, 1.82) is 0 Å². The number of hydrogen-bond acceptors (Lipinski definition) is 3. The summed E-state index contributed by atoms with van der Waals surface area (Å²) in [5.41, 5.74) is 11.2. The van der Waals surface area contributed by atoms with E-state index in [1.165, 1.54) is 5.56 Å². The Hall–Kier alpha value is -2.75. The second-order valence-corrected chi connectivity index (χ2v) is 5.91. The van der Waals surface area contributed by atoms with Gasteiger partial charge in [0.05, 0.1) is 11.4 Å². The fraction of sp³-hybridized carbons (Fsp3) is 0.211. The Kier molecular flexibility index (Phi) is 4.33. The van der Waals surface area contributed by atoms with Gasteiger partial charge in [0.25, 0.3) is 0 Å². The maximum atomic E-state index is 11.4. The van der Waals surface area contributed by atoms with Crippen molar-refractivity contribution < 1.29 is 4.79 Å². The molecule has 4 heteroatoms. The van der Waals surface area contributed by atoms with Gasteiger partial charge in [-0.2, -0.15) is 0 Å². The summed E-state index contributed by atoms with van der Waals surface area (Å²) in [5.74, 6) is 0.265. The molecule has 0 saturated carbocycles. The van der Waals surface area contributed by atoms with E-state index in [0.717, 1.165) is 23.4 Å². The zero-order valence-corrected chi connectivity index (χ0v) is 13.2. The molecule has 0 aromatic heterocycles. The number of benzene rings is 2. The molecule has 2 aromatic carbocycles. The summed E-state index contributed by atoms with van der Waals surface area (Å²) < 4.78 is 0. The van der Waals surface area contributed by atoms with Crippen molar-refractivity contribution in [2.24, 2.45) is 5.92 Å². The number of rotatable bonds is 4. The van der Waals surface area contributed by atoms with Crippen LogP contribution in [-0.4, -0.2) is 5.91 Å². The van der Waals surface area contributed by atoms with Crippen LogP contribution in [0.15, 0.2) is 54.7 Å². The molecule has 23 heavy (non-hydrogen) atoms. The van der Waals surface area contributed by atoms with Crippen LogP contribution < -0.4 is 16.4 Å². The number of nitrogens with two attached hydrogens (primary N) is 1. The molecule has 1 heterocycles. The lowest BCUT2D eigenvalue weighted by atomic mass is 9.89. The van der Waals surface area contributed by atoms with Crippen LogP contribution in [0.25, 0.3) is 5.57 Å². The number of carbonyl (C=O) groups excluding carboxylic acids is 1. The number of nitrogen functional groups attached to an aromatic ring is 1. The van der Waals surface area contributed by atoms with Crippen molar-refractivity contribution in [1.82, 2.24) is 5.32 Å². The topological polar surface area (TPSA) is 67.2 Å². The molecule has 3 rings (SSSR count). The quantitative estimate of drug-likeness (QED) is 0.759. The summed E-state index contributed by atoms with van der Waals surface area (Å²) in [4.78, 5) is 11.4. The first-order valence-electron chi connectivity index (χ1n) is 7.80. The standard InChI is InChI=1S/C19H21N3O/c1-13-9-19(23)22-12-16(13)15-7-8-18(17(20)10-15)21-11-14-5-3-2-4-6-14/h2-8,10,12-13,21H,9,11,20H2,1H3,(H,22,23). The molecule has 4 nitrogen and oxygen atoms in total. The molecule has 4 N–H and O–H groups in total. The van der Waals surface area contributed by atoms with Crippen LogP contribution in [0.2, 0.25) is 0 Å². The van der Waals surface area contributed by atoms with E-state index in [1.807, 2.05) is 36.4 Å². The van der Waals surface area contributed by atoms with Gasteiger partial charge in [-0.15, -0.1) is 0 Å². The monoisotopic (exact) mass is 307 g/mol. The van der Waals surface area contributed by atoms with E-state index >= 15 is 0 Å². The molecule has 1 aliphatic heterocycles. The molecule has 0 aliphatic carbocycles. The highest BCUT2D eigenvalue weighted by Crippen LogP contribution is 2.31. The summed E-state index contributed by atoms with van der Waals surface area (Å²) in [7, 11) is 0. The van der Waals surface area contributed by atoms with Crippen molar-refractivity contribution in [3.05, 3.63) is 65.9 Å². The van der Waals surface area contributed by atoms with Crippen molar-refractivity contribution in [3.8, 4) is 0 Å². The summed E-state index contributed by atoms with van der Waals surface area (Å²) in [5, 5.41) is 6.15. The van der Waals surface area contributed by atoms with Gasteiger partial charge in [0.15, 0.2) is 0 Å². The van der Waals surface area contributed by atoms with Gasteiger partial charge in [-0.05, 0) is 34.8 Å². The Bertz CT molecular complexity index is 738. The van der Waals surface area contributed by atoms with E-state index in [0.29, 0.717) is 12.1 Å². The van der Waals surface area contributed by atoms with Gasteiger partial charge < -0.3 is 16.4 Å². The molecular weight excluding hydrogens is 286 g/mol. The largest absolute Gasteiger partial charge is 0.397 e. The lowest BCUT2D eigenvalue weighted by molar-refractivity contribution is -0.120. The van der Waals surface area contributed by atoms with Crippen molar-refractivity contribution in [2.45, 2.75) is 19.9 Å². The van der Waals surface area contributed by atoms with Crippen LogP contribution in [0, 0.1) is 5.92 Å². The molecule has 0 radical (unpaired) electrons. The molecular formula is C19H21N3O. The minimum atomic E-state index is 0.0652. The third kappa shape index (κ3) is 3.54. The van der Waals surface area contributed by atoms with Crippen molar-refractivity contribution in [3.63, 3.8) is 0 Å². The van der Waals surface area contributed by atoms with Gasteiger partial charge in [0.1, 0.15) is 0 Å². The Morgan fingerprint density at radius 3 is 2.70 bits per heavy atom. The van der Waals surface area contributed by atoms with Crippen molar-refractivity contribution >= 4 is 22.9 Å². The van der Waals surface area contributed by atoms with Gasteiger partial charge in [0.2, 0.25) is 5.91 Å². The molecule has 0 spiro atoms. The van der Waals surface area contributed by atoms with Crippen LogP contribution in [0.1, 0.15) is 24.5 Å². The molecule has 1 amide bonds. The molecule has 118 valence electrons. The van der Waals surface area contributed by atoms with E-state index in [4.69, 9.17) is 5.73 Å². The minimum Gasteiger partial charge on any atom is -0.397 e. The maximum Gasteiger partial charge on any atom is 0.224 e. The van der Waals surface area contributed by atoms with Gasteiger partial charge in [-0.25, -0.2) is 0 Å². The zero-order chi connectivity index (χ0) is 16.2. The number of hydrogen-bond donors (Lipinski definition) is 3. The maximum absolute atomic E-state index is 11.4. The third-order valence-electron chi connectivity index (χ3n) is 4.12. The van der Waals surface area contributed by atoms with Crippen LogP contribution in [0.5, 0.6) is 0 Å². The highest BCUT2D eigenvalue weighted by Gasteiger charge is 2.19. The van der Waals surface area contributed by atoms with E-state index in [-0.39, 0.29) is 11.8 Å². The second-order valence-electron chi connectivity index (χ2n) is 5.91. The van der Waals surface area contributed by atoms with E-state index in [1.54, 1.807) is 6.20 Å². The Morgan fingerprint density at radius 1 is 1.22 bits per heavy atom. The van der Waals surface area contributed by atoms with Crippen LogP contribution in [0.3, 0.4) is 0 Å². The fourth-order valence-corrected chi connectivity index (χ4v) is 2.81. The second kappa shape index (κ2) is 6.57. The molecule has 0 fully saturated rings. The summed E-state index contributed by atoms with van der Waals surface area (Å²) >= 11 is 0. The van der Waals surface area contributed by atoms with E-state index in [9.17, 15) is 4.79 Å². The van der Waals surface area contributed by atoms with Crippen LogP contribution in [-0.2, 0) is 11.3 Å². The average Bonchev–Trinajstić information content (AvgIpc) is 2.55. The first kappa shape index (κ1) is 15.2. The Labute approximate surface area is 136 Å². The molecule has 1 unspecified atom stereocenters. The average molecular weight is 307 g/mol. The lowest BCUT2D eigenvalue weighted by Crippen LogP contribution is -2.26. The highest BCUT2D eigenvalue weighted by atomic mass is 16.1. The summed E-state index contributed by atoms with van der Waals surface area (Å²) in [6.45, 7) is 2.79. The number of nitrogens with one attached hydrogen (secondary N) is 2. The van der Waals surface area contributed by atoms with Crippen molar-refractivity contribution in [2.75, 3.05) is 11.1 Å². The first-order chi connectivity index (χ1) is 11.1. The number of carbonyl (C=O) groups is 1. The molecule has 0 bridgehead atoms. The van der Waals surface area contributed by atoms with Gasteiger partial charge in [0, 0.05) is 19.2 Å². The number of amides is 1. The smallest absolute Gasteiger partial charge is 0.224 e. The fourth-order valence-electron chi connectivity index (χ4n) is 2.81. The first-order valence-corrected chi connectivity index (χ1v) is 7.80. The molecule has 2 aromatic rings.